The molecule has 0 aliphatic heterocycles. The Kier molecular flexibility index (Phi) is 8.03. The highest BCUT2D eigenvalue weighted by Crippen LogP contribution is 2.61. The molecule has 0 aromatic heterocycles. The largest absolute Gasteiger partial charge is 0.458 e. The molecule has 2 aromatic rings. The molecule has 1 fully saturated rings. The number of carbonyl (C=O) groups excluding carboxylic acids is 1. The van der Waals surface area contributed by atoms with Gasteiger partial charge < -0.3 is 4.74 Å². The molecule has 0 bridgehead atoms. The number of ether oxygens (including phenoxy) is 1. The molecule has 0 radical (unpaired) electrons. The number of benzene rings is 2. The number of hydrogen-bond donors (Lipinski definition) is 0. The van der Waals surface area contributed by atoms with E-state index in [0.717, 1.165) is 42.9 Å². The number of halogens is 1. The van der Waals surface area contributed by atoms with Crippen molar-refractivity contribution in [3.05, 3.63) is 68.7 Å². The van der Waals surface area contributed by atoms with E-state index in [4.69, 9.17) is 16.3 Å². The van der Waals surface area contributed by atoms with Gasteiger partial charge >= 0.3 is 5.97 Å². The molecule has 0 N–H and O–H groups in total. The second kappa shape index (κ2) is 11.0. The molecule has 0 spiro atoms. The number of hydrogen-bond acceptors (Lipinski definition) is 2. The van der Waals surface area contributed by atoms with E-state index in [1.54, 1.807) is 35.4 Å². The van der Waals surface area contributed by atoms with Gasteiger partial charge in [-0.05, 0) is 133 Å². The van der Waals surface area contributed by atoms with Crippen LogP contribution in [0.15, 0.2) is 30.3 Å². The zero-order valence-corrected chi connectivity index (χ0v) is 25.2. The molecule has 3 aliphatic carbocycles. The second-order valence-electron chi connectivity index (χ2n) is 13.5. The standard InChI is InChI=1S/C35H47ClO2/c1-21(2)22(3)7-8-23(4)32-15-16-33-31-20-26-19-28(38-34(37)25-9-11-27(36)12-10-25)13-14-29(26)24(5)30(31)17-18-35(32,33)6/h9-12,20-23,28,32-33H,7-8,13-19H2,1-6H3. The van der Waals surface area contributed by atoms with Crippen LogP contribution in [0.4, 0.5) is 0 Å². The summed E-state index contributed by atoms with van der Waals surface area (Å²) in [6, 6.07) is 9.56. The van der Waals surface area contributed by atoms with Crippen molar-refractivity contribution in [3.8, 4) is 0 Å². The number of fused-ring (bicyclic) bond motifs is 4. The van der Waals surface area contributed by atoms with Crippen molar-refractivity contribution in [2.75, 3.05) is 0 Å². The van der Waals surface area contributed by atoms with Crippen LogP contribution in [0.25, 0.3) is 0 Å². The fraction of sp³-hybridized carbons (Fsp3) is 0.629. The first-order chi connectivity index (χ1) is 18.1. The second-order valence-corrected chi connectivity index (χ2v) is 13.9. The average molecular weight is 535 g/mol. The van der Waals surface area contributed by atoms with Crippen molar-refractivity contribution in [1.82, 2.24) is 0 Å². The van der Waals surface area contributed by atoms with Gasteiger partial charge in [0.1, 0.15) is 6.10 Å². The third-order valence-electron chi connectivity index (χ3n) is 11.1. The summed E-state index contributed by atoms with van der Waals surface area (Å²) in [4.78, 5) is 12.8. The molecule has 1 saturated carbocycles. The zero-order chi connectivity index (χ0) is 27.2. The molecule has 5 rings (SSSR count). The minimum atomic E-state index is -0.239. The minimum Gasteiger partial charge on any atom is -0.458 e. The van der Waals surface area contributed by atoms with Crippen LogP contribution < -0.4 is 0 Å². The van der Waals surface area contributed by atoms with E-state index in [0.29, 0.717) is 21.9 Å². The Bertz CT molecular complexity index is 1170. The SMILES string of the molecule is Cc1c2c(cc3c1CCC1(C)C3CCC1C(C)CCC(C)C(C)C)CC(OC(=O)c1ccc(Cl)cc1)CC2. The van der Waals surface area contributed by atoms with Gasteiger partial charge in [0, 0.05) is 11.4 Å². The smallest absolute Gasteiger partial charge is 0.338 e. The van der Waals surface area contributed by atoms with Crippen molar-refractivity contribution in [2.24, 2.45) is 29.1 Å². The van der Waals surface area contributed by atoms with E-state index in [1.807, 2.05) is 0 Å². The summed E-state index contributed by atoms with van der Waals surface area (Å²) in [7, 11) is 0. The molecule has 206 valence electrons. The normalized spacial score (nSPS) is 27.8. The first kappa shape index (κ1) is 27.8. The minimum absolute atomic E-state index is 0.0580. The summed E-state index contributed by atoms with van der Waals surface area (Å²) < 4.78 is 5.99. The van der Waals surface area contributed by atoms with Gasteiger partial charge in [-0.25, -0.2) is 4.79 Å². The quantitative estimate of drug-likeness (QED) is 0.330. The van der Waals surface area contributed by atoms with Crippen molar-refractivity contribution in [3.63, 3.8) is 0 Å². The van der Waals surface area contributed by atoms with Gasteiger partial charge in [-0.3, -0.25) is 0 Å². The molecule has 0 amide bonds. The van der Waals surface area contributed by atoms with E-state index in [2.05, 4.69) is 47.6 Å². The lowest BCUT2D eigenvalue weighted by atomic mass is 9.59. The summed E-state index contributed by atoms with van der Waals surface area (Å²) in [5.74, 6) is 3.64. The van der Waals surface area contributed by atoms with Crippen LogP contribution in [-0.4, -0.2) is 12.1 Å². The first-order valence-electron chi connectivity index (χ1n) is 15.2. The van der Waals surface area contributed by atoms with Crippen molar-refractivity contribution >= 4 is 17.6 Å². The van der Waals surface area contributed by atoms with E-state index in [1.165, 1.54) is 55.2 Å². The summed E-state index contributed by atoms with van der Waals surface area (Å²) in [5, 5.41) is 0.633. The molecule has 6 atom stereocenters. The summed E-state index contributed by atoms with van der Waals surface area (Å²) in [5.41, 5.74) is 8.73. The maximum atomic E-state index is 12.8. The predicted octanol–water partition coefficient (Wildman–Crippen LogP) is 9.52. The number of esters is 1. The van der Waals surface area contributed by atoms with E-state index < -0.39 is 0 Å². The van der Waals surface area contributed by atoms with Crippen LogP contribution in [0.2, 0.25) is 5.02 Å². The molecule has 38 heavy (non-hydrogen) atoms. The molecule has 6 unspecified atom stereocenters. The molecule has 3 heteroatoms. The highest BCUT2D eigenvalue weighted by Gasteiger charge is 2.51. The Hall–Kier alpha value is -1.80. The van der Waals surface area contributed by atoms with Crippen LogP contribution in [-0.2, 0) is 24.0 Å². The lowest BCUT2D eigenvalue weighted by Crippen LogP contribution is -2.36. The van der Waals surface area contributed by atoms with Gasteiger partial charge in [0.05, 0.1) is 5.56 Å². The molecule has 2 nitrogen and oxygen atoms in total. The van der Waals surface area contributed by atoms with Gasteiger partial charge in [-0.15, -0.1) is 0 Å². The molecule has 2 aromatic carbocycles. The van der Waals surface area contributed by atoms with Gasteiger partial charge in [-0.1, -0.05) is 65.1 Å². The Morgan fingerprint density at radius 3 is 2.47 bits per heavy atom. The van der Waals surface area contributed by atoms with Crippen LogP contribution in [0, 0.1) is 36.0 Å². The molecule has 0 heterocycles. The third kappa shape index (κ3) is 5.19. The maximum Gasteiger partial charge on any atom is 0.338 e. The lowest BCUT2D eigenvalue weighted by Gasteiger charge is -2.45. The van der Waals surface area contributed by atoms with Crippen molar-refractivity contribution in [2.45, 2.75) is 111 Å². The lowest BCUT2D eigenvalue weighted by molar-refractivity contribution is 0.0270. The van der Waals surface area contributed by atoms with E-state index >= 15 is 0 Å². The highest BCUT2D eigenvalue weighted by atomic mass is 35.5. The Morgan fingerprint density at radius 1 is 1.03 bits per heavy atom. The molecule has 3 aliphatic rings. The molecular weight excluding hydrogens is 488 g/mol. The monoisotopic (exact) mass is 534 g/mol. The Morgan fingerprint density at radius 2 is 1.76 bits per heavy atom. The Labute approximate surface area is 235 Å². The number of carbonyl (C=O) groups is 1. The van der Waals surface area contributed by atoms with E-state index in [9.17, 15) is 4.79 Å². The first-order valence-corrected chi connectivity index (χ1v) is 15.6. The highest BCUT2D eigenvalue weighted by molar-refractivity contribution is 6.30. The van der Waals surface area contributed by atoms with Gasteiger partial charge in [0.15, 0.2) is 0 Å². The van der Waals surface area contributed by atoms with E-state index in [-0.39, 0.29) is 12.1 Å². The Balaban J connectivity index is 1.33. The van der Waals surface area contributed by atoms with Crippen molar-refractivity contribution in [1.29, 1.82) is 0 Å². The summed E-state index contributed by atoms with van der Waals surface area (Å²) in [6.07, 6.45) is 10.7. The average Bonchev–Trinajstić information content (AvgIpc) is 3.25. The maximum absolute atomic E-state index is 12.8. The summed E-state index contributed by atoms with van der Waals surface area (Å²) >= 11 is 6.00. The summed E-state index contributed by atoms with van der Waals surface area (Å²) in [6.45, 7) is 14.7. The third-order valence-corrected chi connectivity index (χ3v) is 11.3. The fourth-order valence-corrected chi connectivity index (χ4v) is 8.38. The van der Waals surface area contributed by atoms with Gasteiger partial charge in [-0.2, -0.15) is 0 Å². The fourth-order valence-electron chi connectivity index (χ4n) is 8.26. The molecule has 0 saturated heterocycles. The van der Waals surface area contributed by atoms with Crippen LogP contribution in [0.1, 0.15) is 117 Å². The van der Waals surface area contributed by atoms with Crippen LogP contribution in [0.3, 0.4) is 0 Å². The van der Waals surface area contributed by atoms with Crippen LogP contribution >= 0.6 is 11.6 Å². The number of rotatable bonds is 7. The molecular formula is C35H47ClO2. The van der Waals surface area contributed by atoms with Gasteiger partial charge in [0.25, 0.3) is 0 Å². The zero-order valence-electron chi connectivity index (χ0n) is 24.4. The predicted molar refractivity (Wildman–Crippen MR) is 158 cm³/mol. The van der Waals surface area contributed by atoms with Gasteiger partial charge in [0.2, 0.25) is 0 Å². The van der Waals surface area contributed by atoms with Crippen LogP contribution in [0.5, 0.6) is 0 Å². The van der Waals surface area contributed by atoms with Crippen molar-refractivity contribution < 1.29 is 9.53 Å². The topological polar surface area (TPSA) is 26.3 Å².